The van der Waals surface area contributed by atoms with Crippen molar-refractivity contribution in [2.24, 2.45) is 5.73 Å². The number of nitrogens with one attached hydrogen (secondary N) is 1. The largest absolute Gasteiger partial charge is 0.344 e. The van der Waals surface area contributed by atoms with Gasteiger partial charge in [-0.25, -0.2) is 0 Å². The van der Waals surface area contributed by atoms with Gasteiger partial charge in [-0.2, -0.15) is 0 Å². The first-order chi connectivity index (χ1) is 16.1. The normalized spacial score (nSPS) is 18.5. The monoisotopic (exact) mass is 445 g/mol. The molecular weight excluding hydrogens is 414 g/mol. The van der Waals surface area contributed by atoms with Gasteiger partial charge in [0.15, 0.2) is 0 Å². The number of anilines is 1. The van der Waals surface area contributed by atoms with E-state index in [1.807, 2.05) is 29.7 Å². The number of benzene rings is 1. The molecule has 8 heteroatoms. The van der Waals surface area contributed by atoms with Crippen LogP contribution >= 0.6 is 0 Å². The van der Waals surface area contributed by atoms with Crippen LogP contribution in [0.5, 0.6) is 0 Å². The van der Waals surface area contributed by atoms with E-state index in [2.05, 4.69) is 43.6 Å². The average Bonchev–Trinajstić information content (AvgIpc) is 3.47. The maximum absolute atomic E-state index is 13.3. The summed E-state index contributed by atoms with van der Waals surface area (Å²) in [4.78, 5) is 20.1. The Hall–Kier alpha value is -3.26. The predicted octanol–water partition coefficient (Wildman–Crippen LogP) is 3.10. The zero-order chi connectivity index (χ0) is 22.8. The molecule has 1 amide bonds. The molecular formula is C25H31N7O. The van der Waals surface area contributed by atoms with Crippen LogP contribution < -0.4 is 16.0 Å². The Morgan fingerprint density at radius 2 is 2.12 bits per heavy atom. The first kappa shape index (κ1) is 21.6. The maximum atomic E-state index is 13.3. The molecule has 3 heterocycles. The standard InChI is InChI=1S/C25H31N7O/c1-17-13-19-9-4-5-11-21(19)22(28-17)14-27-24(33)23-29-30-25(31-12-6-10-20(26)16-31)32(23)15-18-7-2-3-8-18/h4-5,7,9,11,13,20H,2-3,6,8,10,12,14-16,26H2,1H3,(H,27,33). The summed E-state index contributed by atoms with van der Waals surface area (Å²) in [7, 11) is 0. The Balaban J connectivity index is 1.40. The highest BCUT2D eigenvalue weighted by Gasteiger charge is 2.26. The van der Waals surface area contributed by atoms with Crippen molar-refractivity contribution < 1.29 is 4.79 Å². The molecule has 2 aliphatic rings. The molecule has 3 N–H and O–H groups in total. The number of carbonyl (C=O) groups is 1. The number of pyridine rings is 1. The Bertz CT molecular complexity index is 1200. The number of hydrogen-bond acceptors (Lipinski definition) is 6. The minimum Gasteiger partial charge on any atom is -0.344 e. The van der Waals surface area contributed by atoms with Crippen LogP contribution in [0.15, 0.2) is 42.0 Å². The number of fused-ring (bicyclic) bond motifs is 1. The topological polar surface area (TPSA) is 102 Å². The van der Waals surface area contributed by atoms with Crippen LogP contribution in [0.4, 0.5) is 5.95 Å². The Morgan fingerprint density at radius 1 is 1.24 bits per heavy atom. The lowest BCUT2D eigenvalue weighted by Crippen LogP contribution is -2.44. The third-order valence-corrected chi connectivity index (χ3v) is 6.54. The third-order valence-electron chi connectivity index (χ3n) is 6.54. The Kier molecular flexibility index (Phi) is 6.09. The summed E-state index contributed by atoms with van der Waals surface area (Å²) in [5, 5.41) is 14.0. The zero-order valence-electron chi connectivity index (χ0n) is 19.1. The van der Waals surface area contributed by atoms with Gasteiger partial charge in [0.1, 0.15) is 0 Å². The second-order valence-corrected chi connectivity index (χ2v) is 9.13. The maximum Gasteiger partial charge on any atom is 0.289 e. The van der Waals surface area contributed by atoms with Crippen molar-refractivity contribution in [2.75, 3.05) is 18.0 Å². The summed E-state index contributed by atoms with van der Waals surface area (Å²) in [6.07, 6.45) is 7.61. The van der Waals surface area contributed by atoms with Crippen LogP contribution in [0.2, 0.25) is 0 Å². The number of aryl methyl sites for hydroxylation is 1. The van der Waals surface area contributed by atoms with Gasteiger partial charge in [0.05, 0.1) is 12.2 Å². The van der Waals surface area contributed by atoms with E-state index < -0.39 is 0 Å². The van der Waals surface area contributed by atoms with Gasteiger partial charge in [0, 0.05) is 36.8 Å². The van der Waals surface area contributed by atoms with Crippen molar-refractivity contribution in [3.63, 3.8) is 0 Å². The molecule has 0 bridgehead atoms. The van der Waals surface area contributed by atoms with E-state index in [1.165, 1.54) is 5.57 Å². The van der Waals surface area contributed by atoms with Crippen molar-refractivity contribution in [1.82, 2.24) is 25.1 Å². The van der Waals surface area contributed by atoms with Gasteiger partial charge >= 0.3 is 0 Å². The fourth-order valence-corrected chi connectivity index (χ4v) is 4.91. The lowest BCUT2D eigenvalue weighted by molar-refractivity contribution is 0.0936. The molecule has 1 saturated heterocycles. The molecule has 1 fully saturated rings. The van der Waals surface area contributed by atoms with Gasteiger partial charge in [-0.05, 0) is 50.5 Å². The van der Waals surface area contributed by atoms with Crippen LogP contribution in [-0.2, 0) is 13.1 Å². The number of allylic oxidation sites excluding steroid dienone is 2. The van der Waals surface area contributed by atoms with Crippen LogP contribution in [0.25, 0.3) is 10.8 Å². The summed E-state index contributed by atoms with van der Waals surface area (Å²) < 4.78 is 1.96. The van der Waals surface area contributed by atoms with E-state index in [4.69, 9.17) is 5.73 Å². The fraction of sp³-hybridized carbons (Fsp3) is 0.440. The van der Waals surface area contributed by atoms with E-state index in [1.54, 1.807) is 0 Å². The van der Waals surface area contributed by atoms with Crippen molar-refractivity contribution in [3.05, 3.63) is 59.2 Å². The summed E-state index contributed by atoms with van der Waals surface area (Å²) >= 11 is 0. The van der Waals surface area contributed by atoms with E-state index in [0.717, 1.165) is 73.3 Å². The molecule has 5 rings (SSSR count). The molecule has 0 radical (unpaired) electrons. The fourth-order valence-electron chi connectivity index (χ4n) is 4.91. The molecule has 1 unspecified atom stereocenters. The van der Waals surface area contributed by atoms with Gasteiger partial charge in [-0.15, -0.1) is 10.2 Å². The molecule has 1 aromatic carbocycles. The first-order valence-electron chi connectivity index (χ1n) is 11.8. The van der Waals surface area contributed by atoms with E-state index in [-0.39, 0.29) is 11.9 Å². The SMILES string of the molecule is Cc1cc2ccccc2c(CNC(=O)c2nnc(N3CCCC(N)C3)n2CC2=CCCC2)n1. The molecule has 2 aromatic heterocycles. The number of rotatable bonds is 6. The summed E-state index contributed by atoms with van der Waals surface area (Å²) in [5.74, 6) is 0.845. The molecule has 1 aliphatic carbocycles. The molecule has 0 saturated carbocycles. The third kappa shape index (κ3) is 4.61. The summed E-state index contributed by atoms with van der Waals surface area (Å²) in [6.45, 7) is 4.56. The van der Waals surface area contributed by atoms with Crippen LogP contribution in [0.1, 0.15) is 54.1 Å². The molecule has 0 spiro atoms. The van der Waals surface area contributed by atoms with Crippen molar-refractivity contribution in [2.45, 2.75) is 58.2 Å². The molecule has 1 aliphatic heterocycles. The van der Waals surface area contributed by atoms with Gasteiger partial charge in [0.2, 0.25) is 11.8 Å². The van der Waals surface area contributed by atoms with Crippen molar-refractivity contribution in [3.8, 4) is 0 Å². The number of amides is 1. The van der Waals surface area contributed by atoms with Crippen molar-refractivity contribution in [1.29, 1.82) is 0 Å². The number of aromatic nitrogens is 4. The minimum absolute atomic E-state index is 0.118. The second-order valence-electron chi connectivity index (χ2n) is 9.13. The molecule has 3 aromatic rings. The van der Waals surface area contributed by atoms with Crippen LogP contribution in [0.3, 0.4) is 0 Å². The predicted molar refractivity (Wildman–Crippen MR) is 129 cm³/mol. The number of nitrogens with zero attached hydrogens (tertiary/aromatic N) is 5. The van der Waals surface area contributed by atoms with E-state index in [0.29, 0.717) is 18.9 Å². The Labute approximate surface area is 193 Å². The lowest BCUT2D eigenvalue weighted by atomic mass is 10.1. The van der Waals surface area contributed by atoms with Gasteiger partial charge < -0.3 is 16.0 Å². The molecule has 8 nitrogen and oxygen atoms in total. The molecule has 1 atom stereocenters. The Morgan fingerprint density at radius 3 is 2.94 bits per heavy atom. The second kappa shape index (κ2) is 9.31. The lowest BCUT2D eigenvalue weighted by Gasteiger charge is -2.31. The highest BCUT2D eigenvalue weighted by Crippen LogP contribution is 2.25. The average molecular weight is 446 g/mol. The van der Waals surface area contributed by atoms with Gasteiger partial charge in [-0.1, -0.05) is 35.9 Å². The highest BCUT2D eigenvalue weighted by molar-refractivity contribution is 5.91. The first-order valence-corrected chi connectivity index (χ1v) is 11.8. The summed E-state index contributed by atoms with van der Waals surface area (Å²) in [5.41, 5.74) is 9.33. The molecule has 172 valence electrons. The van der Waals surface area contributed by atoms with Gasteiger partial charge in [-0.3, -0.25) is 14.3 Å². The smallest absolute Gasteiger partial charge is 0.289 e. The number of carbonyl (C=O) groups excluding carboxylic acids is 1. The van der Waals surface area contributed by atoms with Gasteiger partial charge in [0.25, 0.3) is 5.91 Å². The highest BCUT2D eigenvalue weighted by atomic mass is 16.2. The number of piperidine rings is 1. The number of hydrogen-bond donors (Lipinski definition) is 2. The summed E-state index contributed by atoms with van der Waals surface area (Å²) in [6, 6.07) is 10.3. The van der Waals surface area contributed by atoms with Crippen LogP contribution in [-0.4, -0.2) is 44.8 Å². The van der Waals surface area contributed by atoms with E-state index >= 15 is 0 Å². The zero-order valence-corrected chi connectivity index (χ0v) is 19.1. The minimum atomic E-state index is -0.235. The van der Waals surface area contributed by atoms with Crippen LogP contribution in [0, 0.1) is 6.92 Å². The quantitative estimate of drug-likeness (QED) is 0.566. The van der Waals surface area contributed by atoms with E-state index in [9.17, 15) is 4.79 Å². The molecule has 33 heavy (non-hydrogen) atoms. The van der Waals surface area contributed by atoms with Crippen molar-refractivity contribution >= 4 is 22.6 Å². The number of nitrogens with two attached hydrogens (primary N) is 1.